The summed E-state index contributed by atoms with van der Waals surface area (Å²) < 4.78 is 0. The van der Waals surface area contributed by atoms with Crippen LogP contribution in [0.4, 0.5) is 0 Å². The van der Waals surface area contributed by atoms with Crippen LogP contribution in [0.3, 0.4) is 0 Å². The first kappa shape index (κ1) is 18.8. The summed E-state index contributed by atoms with van der Waals surface area (Å²) in [5.41, 5.74) is 1.36. The highest BCUT2D eigenvalue weighted by atomic mass is 16.1. The van der Waals surface area contributed by atoms with Crippen molar-refractivity contribution >= 4 is 5.91 Å². The lowest BCUT2D eigenvalue weighted by Crippen LogP contribution is -2.29. The van der Waals surface area contributed by atoms with Crippen LogP contribution in [-0.4, -0.2) is 30.4 Å². The Morgan fingerprint density at radius 3 is 2.57 bits per heavy atom. The van der Waals surface area contributed by atoms with Crippen molar-refractivity contribution in [3.05, 3.63) is 47.7 Å². The van der Waals surface area contributed by atoms with Crippen LogP contribution in [-0.2, 0) is 11.2 Å². The third-order valence-corrected chi connectivity index (χ3v) is 3.53. The van der Waals surface area contributed by atoms with Gasteiger partial charge in [0, 0.05) is 25.8 Å². The van der Waals surface area contributed by atoms with Crippen LogP contribution in [0.25, 0.3) is 0 Å². The van der Waals surface area contributed by atoms with E-state index in [1.54, 1.807) is 6.20 Å². The zero-order valence-electron chi connectivity index (χ0n) is 14.2. The van der Waals surface area contributed by atoms with Gasteiger partial charge in [0.2, 0.25) is 0 Å². The Kier molecular flexibility index (Phi) is 9.23. The first-order valence-electron chi connectivity index (χ1n) is 8.39. The Balaban J connectivity index is 2.55. The van der Waals surface area contributed by atoms with Gasteiger partial charge in [0.05, 0.1) is 0 Å². The molecule has 4 heteroatoms. The monoisotopic (exact) mass is 313 g/mol. The highest BCUT2D eigenvalue weighted by Gasteiger charge is 2.10. The molecule has 1 N–H and O–H groups in total. The van der Waals surface area contributed by atoms with E-state index in [1.165, 1.54) is 5.56 Å². The number of nitriles is 1. The lowest BCUT2D eigenvalue weighted by molar-refractivity contribution is -0.117. The molecule has 0 aromatic heterocycles. The summed E-state index contributed by atoms with van der Waals surface area (Å²) in [5.74, 6) is -0.291. The number of carbonyl (C=O) groups is 1. The first-order valence-corrected chi connectivity index (χ1v) is 8.39. The number of amides is 1. The van der Waals surface area contributed by atoms with E-state index in [0.717, 1.165) is 38.8 Å². The number of benzene rings is 1. The van der Waals surface area contributed by atoms with E-state index in [9.17, 15) is 10.1 Å². The van der Waals surface area contributed by atoms with Gasteiger partial charge >= 0.3 is 0 Å². The third kappa shape index (κ3) is 7.51. The van der Waals surface area contributed by atoms with Crippen LogP contribution >= 0.6 is 0 Å². The Labute approximate surface area is 139 Å². The Hall–Kier alpha value is -2.28. The van der Waals surface area contributed by atoms with Gasteiger partial charge in [0.15, 0.2) is 0 Å². The Morgan fingerprint density at radius 1 is 1.22 bits per heavy atom. The largest absolute Gasteiger partial charge is 0.376 e. The molecule has 23 heavy (non-hydrogen) atoms. The van der Waals surface area contributed by atoms with Gasteiger partial charge in [0.1, 0.15) is 11.6 Å². The zero-order valence-corrected chi connectivity index (χ0v) is 14.2. The SMILES string of the molecule is CCCCN(/C=C(/C#N)C(=O)NCCc1ccccc1)CCC. The quantitative estimate of drug-likeness (QED) is 0.533. The fraction of sp³-hybridized carbons (Fsp3) is 0.474. The van der Waals surface area contributed by atoms with E-state index in [1.807, 2.05) is 36.4 Å². The molecule has 0 unspecified atom stereocenters. The molecule has 0 heterocycles. The summed E-state index contributed by atoms with van der Waals surface area (Å²) >= 11 is 0. The molecular formula is C19H27N3O. The van der Waals surface area contributed by atoms with Crippen LogP contribution in [0.15, 0.2) is 42.1 Å². The van der Waals surface area contributed by atoms with E-state index in [2.05, 4.69) is 24.1 Å². The van der Waals surface area contributed by atoms with Gasteiger partial charge in [-0.05, 0) is 24.8 Å². The second kappa shape index (κ2) is 11.3. The minimum Gasteiger partial charge on any atom is -0.376 e. The molecule has 0 aliphatic rings. The molecule has 0 aliphatic carbocycles. The second-order valence-corrected chi connectivity index (χ2v) is 5.54. The van der Waals surface area contributed by atoms with Crippen LogP contribution in [0.5, 0.6) is 0 Å². The van der Waals surface area contributed by atoms with E-state index < -0.39 is 0 Å². The Bertz CT molecular complexity index is 531. The maximum absolute atomic E-state index is 12.1. The average molecular weight is 313 g/mol. The molecular weight excluding hydrogens is 286 g/mol. The number of carbonyl (C=O) groups excluding carboxylic acids is 1. The van der Waals surface area contributed by atoms with Crippen molar-refractivity contribution in [2.75, 3.05) is 19.6 Å². The average Bonchev–Trinajstić information content (AvgIpc) is 2.58. The number of hydrogen-bond acceptors (Lipinski definition) is 3. The molecule has 1 aromatic carbocycles. The molecule has 0 fully saturated rings. The smallest absolute Gasteiger partial charge is 0.263 e. The van der Waals surface area contributed by atoms with Gasteiger partial charge in [-0.25, -0.2) is 0 Å². The van der Waals surface area contributed by atoms with Crippen molar-refractivity contribution in [1.29, 1.82) is 5.26 Å². The van der Waals surface area contributed by atoms with E-state index in [-0.39, 0.29) is 11.5 Å². The Morgan fingerprint density at radius 2 is 1.96 bits per heavy atom. The second-order valence-electron chi connectivity index (χ2n) is 5.54. The summed E-state index contributed by atoms with van der Waals surface area (Å²) in [5, 5.41) is 12.1. The summed E-state index contributed by atoms with van der Waals surface area (Å²) in [6.45, 7) is 6.51. The summed E-state index contributed by atoms with van der Waals surface area (Å²) in [4.78, 5) is 14.2. The van der Waals surface area contributed by atoms with Crippen molar-refractivity contribution in [2.45, 2.75) is 39.5 Å². The molecule has 124 valence electrons. The fourth-order valence-corrected chi connectivity index (χ4v) is 2.27. The van der Waals surface area contributed by atoms with Crippen molar-refractivity contribution in [1.82, 2.24) is 10.2 Å². The predicted octanol–water partition coefficient (Wildman–Crippen LogP) is 3.26. The van der Waals surface area contributed by atoms with Crippen LogP contribution in [0.2, 0.25) is 0 Å². The molecule has 0 saturated carbocycles. The minimum atomic E-state index is -0.291. The molecule has 0 spiro atoms. The highest BCUT2D eigenvalue weighted by Crippen LogP contribution is 2.03. The fourth-order valence-electron chi connectivity index (χ4n) is 2.27. The molecule has 1 rings (SSSR count). The van der Waals surface area contributed by atoms with Crippen molar-refractivity contribution in [3.63, 3.8) is 0 Å². The van der Waals surface area contributed by atoms with Crippen LogP contribution in [0, 0.1) is 11.3 Å². The van der Waals surface area contributed by atoms with Crippen molar-refractivity contribution in [2.24, 2.45) is 0 Å². The molecule has 0 saturated heterocycles. The molecule has 0 atom stereocenters. The number of hydrogen-bond donors (Lipinski definition) is 1. The van der Waals surface area contributed by atoms with Crippen molar-refractivity contribution < 1.29 is 4.79 Å². The normalized spacial score (nSPS) is 10.9. The molecule has 0 radical (unpaired) electrons. The van der Waals surface area contributed by atoms with E-state index in [4.69, 9.17) is 0 Å². The lowest BCUT2D eigenvalue weighted by Gasteiger charge is -2.19. The lowest BCUT2D eigenvalue weighted by atomic mass is 10.1. The topological polar surface area (TPSA) is 56.1 Å². The maximum atomic E-state index is 12.1. The van der Waals surface area contributed by atoms with E-state index >= 15 is 0 Å². The van der Waals surface area contributed by atoms with Gasteiger partial charge in [-0.1, -0.05) is 50.6 Å². The number of nitrogens with one attached hydrogen (secondary N) is 1. The number of unbranched alkanes of at least 4 members (excludes halogenated alkanes) is 1. The predicted molar refractivity (Wildman–Crippen MR) is 93.6 cm³/mol. The van der Waals surface area contributed by atoms with Gasteiger partial charge in [0.25, 0.3) is 5.91 Å². The van der Waals surface area contributed by atoms with E-state index in [0.29, 0.717) is 6.54 Å². The van der Waals surface area contributed by atoms with Crippen LogP contribution < -0.4 is 5.32 Å². The molecule has 4 nitrogen and oxygen atoms in total. The molecule has 1 amide bonds. The summed E-state index contributed by atoms with van der Waals surface area (Å²) in [6.07, 6.45) is 5.62. The maximum Gasteiger partial charge on any atom is 0.263 e. The first-order chi connectivity index (χ1) is 11.2. The molecule has 1 aromatic rings. The molecule has 0 aliphatic heterocycles. The summed E-state index contributed by atoms with van der Waals surface area (Å²) in [7, 11) is 0. The number of nitrogens with zero attached hydrogens (tertiary/aromatic N) is 2. The molecule has 0 bridgehead atoms. The highest BCUT2D eigenvalue weighted by molar-refractivity contribution is 5.97. The van der Waals surface area contributed by atoms with Crippen molar-refractivity contribution in [3.8, 4) is 6.07 Å². The zero-order chi connectivity index (χ0) is 16.9. The number of rotatable bonds is 10. The third-order valence-electron chi connectivity index (χ3n) is 3.53. The van der Waals surface area contributed by atoms with Gasteiger partial charge in [-0.2, -0.15) is 5.26 Å². The van der Waals surface area contributed by atoms with Crippen LogP contribution in [0.1, 0.15) is 38.7 Å². The van der Waals surface area contributed by atoms with Gasteiger partial charge in [-0.15, -0.1) is 0 Å². The summed E-state index contributed by atoms with van der Waals surface area (Å²) in [6, 6.07) is 12.0. The standard InChI is InChI=1S/C19H27N3O/c1-3-5-14-22(13-4-2)16-18(15-20)19(23)21-12-11-17-9-7-6-8-10-17/h6-10,16H,3-5,11-14H2,1-2H3,(H,21,23)/b18-16-. The minimum absolute atomic E-state index is 0.183. The van der Waals surface area contributed by atoms with Gasteiger partial charge in [-0.3, -0.25) is 4.79 Å². The van der Waals surface area contributed by atoms with Gasteiger partial charge < -0.3 is 10.2 Å².